The van der Waals surface area contributed by atoms with E-state index in [0.29, 0.717) is 24.6 Å². The van der Waals surface area contributed by atoms with Gasteiger partial charge in [-0.1, -0.05) is 27.7 Å². The van der Waals surface area contributed by atoms with Gasteiger partial charge >= 0.3 is 5.97 Å². The number of amides is 1. The van der Waals surface area contributed by atoms with Gasteiger partial charge in [-0.2, -0.15) is 0 Å². The summed E-state index contributed by atoms with van der Waals surface area (Å²) in [6, 6.07) is 7.01. The normalized spacial score (nSPS) is 10.9. The standard InChI is InChI=1S/C18H27NO4/c1-13(2)11-19(10-9-17(20)21)18(22)15-5-7-16(8-6-15)23-12-14(3)4/h5-8,13-14H,9-12H2,1-4H3,(H,20,21). The van der Waals surface area contributed by atoms with Gasteiger partial charge in [-0.3, -0.25) is 9.59 Å². The lowest BCUT2D eigenvalue weighted by molar-refractivity contribution is -0.137. The van der Waals surface area contributed by atoms with Crippen LogP contribution in [0.4, 0.5) is 0 Å². The monoisotopic (exact) mass is 321 g/mol. The Morgan fingerprint density at radius 2 is 1.70 bits per heavy atom. The molecule has 23 heavy (non-hydrogen) atoms. The molecule has 5 heteroatoms. The van der Waals surface area contributed by atoms with Gasteiger partial charge in [0.1, 0.15) is 5.75 Å². The molecule has 0 unspecified atom stereocenters. The largest absolute Gasteiger partial charge is 0.493 e. The second-order valence-corrected chi connectivity index (χ2v) is 6.52. The Balaban J connectivity index is 2.75. The highest BCUT2D eigenvalue weighted by Gasteiger charge is 2.18. The molecule has 0 fully saturated rings. The van der Waals surface area contributed by atoms with E-state index in [0.717, 1.165) is 5.75 Å². The van der Waals surface area contributed by atoms with Crippen LogP contribution in [0.3, 0.4) is 0 Å². The predicted molar refractivity (Wildman–Crippen MR) is 89.8 cm³/mol. The third-order valence-corrected chi connectivity index (χ3v) is 3.15. The lowest BCUT2D eigenvalue weighted by Gasteiger charge is -2.24. The number of benzene rings is 1. The van der Waals surface area contributed by atoms with E-state index < -0.39 is 5.97 Å². The van der Waals surface area contributed by atoms with Gasteiger partial charge < -0.3 is 14.7 Å². The van der Waals surface area contributed by atoms with Gasteiger partial charge in [0.2, 0.25) is 0 Å². The molecule has 0 aromatic heterocycles. The Bertz CT molecular complexity index is 508. The molecule has 0 spiro atoms. The summed E-state index contributed by atoms with van der Waals surface area (Å²) in [6.45, 7) is 9.54. The van der Waals surface area contributed by atoms with Crippen molar-refractivity contribution in [1.82, 2.24) is 4.90 Å². The molecule has 1 aromatic rings. The van der Waals surface area contributed by atoms with Crippen molar-refractivity contribution in [2.24, 2.45) is 11.8 Å². The minimum atomic E-state index is -0.899. The number of rotatable bonds is 9. The topological polar surface area (TPSA) is 66.8 Å². The molecule has 1 aromatic carbocycles. The second kappa shape index (κ2) is 9.18. The molecule has 1 amide bonds. The van der Waals surface area contributed by atoms with E-state index in [-0.39, 0.29) is 24.8 Å². The van der Waals surface area contributed by atoms with Gasteiger partial charge in [0, 0.05) is 18.7 Å². The van der Waals surface area contributed by atoms with Crippen molar-refractivity contribution in [3.63, 3.8) is 0 Å². The Morgan fingerprint density at radius 1 is 1.09 bits per heavy atom. The highest BCUT2D eigenvalue weighted by atomic mass is 16.5. The molecule has 0 saturated carbocycles. The first-order valence-corrected chi connectivity index (χ1v) is 8.03. The molecule has 1 N–H and O–H groups in total. The average Bonchev–Trinajstić information content (AvgIpc) is 2.48. The van der Waals surface area contributed by atoms with E-state index in [9.17, 15) is 9.59 Å². The maximum absolute atomic E-state index is 12.6. The van der Waals surface area contributed by atoms with Crippen molar-refractivity contribution >= 4 is 11.9 Å². The van der Waals surface area contributed by atoms with E-state index >= 15 is 0 Å². The molecule has 0 atom stereocenters. The van der Waals surface area contributed by atoms with Crippen molar-refractivity contribution in [3.05, 3.63) is 29.8 Å². The second-order valence-electron chi connectivity index (χ2n) is 6.52. The van der Waals surface area contributed by atoms with Gasteiger partial charge in [0.05, 0.1) is 13.0 Å². The minimum absolute atomic E-state index is 0.0476. The summed E-state index contributed by atoms with van der Waals surface area (Å²) in [4.78, 5) is 24.9. The van der Waals surface area contributed by atoms with Gasteiger partial charge in [-0.25, -0.2) is 0 Å². The first-order chi connectivity index (χ1) is 10.8. The Hall–Kier alpha value is -2.04. The van der Waals surface area contributed by atoms with Gasteiger partial charge in [0.15, 0.2) is 0 Å². The number of ether oxygens (including phenoxy) is 1. The molecule has 0 heterocycles. The zero-order valence-corrected chi connectivity index (χ0v) is 14.4. The summed E-state index contributed by atoms with van der Waals surface area (Å²) in [5, 5.41) is 8.83. The van der Waals surface area contributed by atoms with Gasteiger partial charge in [-0.05, 0) is 36.1 Å². The van der Waals surface area contributed by atoms with Crippen LogP contribution in [0.2, 0.25) is 0 Å². The van der Waals surface area contributed by atoms with Crippen LogP contribution in [0.15, 0.2) is 24.3 Å². The van der Waals surface area contributed by atoms with Crippen molar-refractivity contribution in [2.45, 2.75) is 34.1 Å². The maximum Gasteiger partial charge on any atom is 0.305 e. The molecule has 0 saturated heterocycles. The number of carboxylic acid groups (broad SMARTS) is 1. The average molecular weight is 321 g/mol. The maximum atomic E-state index is 12.6. The van der Waals surface area contributed by atoms with Crippen molar-refractivity contribution in [1.29, 1.82) is 0 Å². The molecule has 1 rings (SSSR count). The molecule has 0 bridgehead atoms. The molecule has 0 radical (unpaired) electrons. The lowest BCUT2D eigenvalue weighted by Crippen LogP contribution is -2.35. The van der Waals surface area contributed by atoms with Crippen LogP contribution in [0.1, 0.15) is 44.5 Å². The summed E-state index contributed by atoms with van der Waals surface area (Å²) in [5.41, 5.74) is 0.549. The first-order valence-electron chi connectivity index (χ1n) is 8.03. The molecule has 5 nitrogen and oxygen atoms in total. The van der Waals surface area contributed by atoms with Crippen LogP contribution >= 0.6 is 0 Å². The van der Waals surface area contributed by atoms with Crippen LogP contribution < -0.4 is 4.74 Å². The summed E-state index contributed by atoms with van der Waals surface area (Å²) in [6.07, 6.45) is -0.0476. The number of aliphatic carboxylic acids is 1. The first kappa shape index (κ1) is 19.0. The Kier molecular flexibility index (Phi) is 7.59. The SMILES string of the molecule is CC(C)COc1ccc(C(=O)N(CCC(=O)O)CC(C)C)cc1. The number of hydrogen-bond acceptors (Lipinski definition) is 3. The minimum Gasteiger partial charge on any atom is -0.493 e. The summed E-state index contributed by atoms with van der Waals surface area (Å²) >= 11 is 0. The number of carbonyl (C=O) groups is 2. The summed E-state index contributed by atoms with van der Waals surface area (Å²) in [7, 11) is 0. The fraction of sp³-hybridized carbons (Fsp3) is 0.556. The van der Waals surface area contributed by atoms with Crippen molar-refractivity contribution < 1.29 is 19.4 Å². The fourth-order valence-electron chi connectivity index (χ4n) is 2.09. The van der Waals surface area contributed by atoms with Gasteiger partial charge in [-0.15, -0.1) is 0 Å². The number of nitrogens with zero attached hydrogens (tertiary/aromatic N) is 1. The molecule has 0 aliphatic carbocycles. The third kappa shape index (κ3) is 7.17. The highest BCUT2D eigenvalue weighted by molar-refractivity contribution is 5.94. The van der Waals surface area contributed by atoms with Crippen molar-refractivity contribution in [2.75, 3.05) is 19.7 Å². The molecular formula is C18H27NO4. The van der Waals surface area contributed by atoms with E-state index in [4.69, 9.17) is 9.84 Å². The van der Waals surface area contributed by atoms with E-state index in [1.165, 1.54) is 0 Å². The third-order valence-electron chi connectivity index (χ3n) is 3.15. The Morgan fingerprint density at radius 3 is 2.17 bits per heavy atom. The lowest BCUT2D eigenvalue weighted by atomic mass is 10.1. The summed E-state index contributed by atoms with van der Waals surface area (Å²) in [5.74, 6) is 0.408. The van der Waals surface area contributed by atoms with Gasteiger partial charge in [0.25, 0.3) is 5.91 Å². The van der Waals surface area contributed by atoms with Crippen molar-refractivity contribution in [3.8, 4) is 5.75 Å². The van der Waals surface area contributed by atoms with E-state index in [2.05, 4.69) is 13.8 Å². The molecular weight excluding hydrogens is 294 g/mol. The highest BCUT2D eigenvalue weighted by Crippen LogP contribution is 2.15. The number of carboxylic acids is 1. The zero-order chi connectivity index (χ0) is 17.4. The van der Waals surface area contributed by atoms with Crippen LogP contribution in [0.25, 0.3) is 0 Å². The molecule has 128 valence electrons. The quantitative estimate of drug-likeness (QED) is 0.758. The summed E-state index contributed by atoms with van der Waals surface area (Å²) < 4.78 is 5.60. The fourth-order valence-corrected chi connectivity index (χ4v) is 2.09. The zero-order valence-electron chi connectivity index (χ0n) is 14.4. The predicted octanol–water partition coefficient (Wildman–Crippen LogP) is 3.29. The molecule has 0 aliphatic heterocycles. The number of hydrogen-bond donors (Lipinski definition) is 1. The van der Waals surface area contributed by atoms with E-state index in [1.54, 1.807) is 29.2 Å². The van der Waals surface area contributed by atoms with Crippen LogP contribution in [-0.4, -0.2) is 41.6 Å². The van der Waals surface area contributed by atoms with Crippen LogP contribution in [-0.2, 0) is 4.79 Å². The molecule has 0 aliphatic rings. The Labute approximate surface area is 138 Å². The smallest absolute Gasteiger partial charge is 0.305 e. The van der Waals surface area contributed by atoms with Crippen LogP contribution in [0, 0.1) is 11.8 Å². The van der Waals surface area contributed by atoms with E-state index in [1.807, 2.05) is 13.8 Å². The number of carbonyl (C=O) groups excluding carboxylic acids is 1. The van der Waals surface area contributed by atoms with Crippen LogP contribution in [0.5, 0.6) is 5.75 Å².